The highest BCUT2D eigenvalue weighted by Crippen LogP contribution is 2.13. The fourth-order valence-corrected chi connectivity index (χ4v) is 2.17. The van der Waals surface area contributed by atoms with Crippen LogP contribution in [0.1, 0.15) is 31.4 Å². The molecule has 0 aromatic heterocycles. The maximum atomic E-state index is 12.1. The Labute approximate surface area is 159 Å². The van der Waals surface area contributed by atoms with Crippen LogP contribution >= 0.6 is 0 Å². The van der Waals surface area contributed by atoms with Crippen LogP contribution in [0.5, 0.6) is 0 Å². The molecule has 0 heterocycles. The van der Waals surface area contributed by atoms with E-state index in [1.807, 2.05) is 19.1 Å². The zero-order valence-corrected chi connectivity index (χ0v) is 16.4. The van der Waals surface area contributed by atoms with E-state index in [0.717, 1.165) is 11.1 Å². The number of carbonyl (C=O) groups is 1. The van der Waals surface area contributed by atoms with E-state index in [1.165, 1.54) is 21.3 Å². The zero-order chi connectivity index (χ0) is 20.2. The summed E-state index contributed by atoms with van der Waals surface area (Å²) in [4.78, 5) is 27.2. The molecule has 1 aromatic carbocycles. The fourth-order valence-electron chi connectivity index (χ4n) is 2.17. The van der Waals surface area contributed by atoms with Gasteiger partial charge in [0.15, 0.2) is 5.71 Å². The number of hydrogen-bond donors (Lipinski definition) is 1. The lowest BCUT2D eigenvalue weighted by Gasteiger charge is -2.10. The van der Waals surface area contributed by atoms with E-state index in [1.54, 1.807) is 19.1 Å². The second kappa shape index (κ2) is 11.5. The predicted octanol–water partition coefficient (Wildman–Crippen LogP) is 2.64. The monoisotopic (exact) mass is 374 g/mol. The Bertz CT molecular complexity index is 754. The lowest BCUT2D eigenvalue weighted by molar-refractivity contribution is -0.114. The van der Waals surface area contributed by atoms with Gasteiger partial charge in [-0.1, -0.05) is 51.9 Å². The van der Waals surface area contributed by atoms with Gasteiger partial charge in [-0.15, -0.1) is 0 Å². The van der Waals surface area contributed by atoms with Crippen molar-refractivity contribution in [3.63, 3.8) is 0 Å². The molecule has 27 heavy (non-hydrogen) atoms. The van der Waals surface area contributed by atoms with E-state index in [9.17, 15) is 4.79 Å². The average Bonchev–Trinajstić information content (AvgIpc) is 2.65. The molecule has 1 N–H and O–H groups in total. The van der Waals surface area contributed by atoms with Crippen molar-refractivity contribution < 1.29 is 19.3 Å². The number of likely N-dealkylation sites (N-methyl/N-ethyl adjacent to an activating group) is 1. The van der Waals surface area contributed by atoms with Gasteiger partial charge in [0.1, 0.15) is 32.2 Å². The Morgan fingerprint density at radius 3 is 2.37 bits per heavy atom. The molecule has 0 radical (unpaired) electrons. The molecule has 1 rings (SSSR count). The third-order valence-electron chi connectivity index (χ3n) is 3.41. The van der Waals surface area contributed by atoms with E-state index >= 15 is 0 Å². The molecular weight excluding hydrogens is 348 g/mol. The minimum absolute atomic E-state index is 0.139. The van der Waals surface area contributed by atoms with E-state index in [2.05, 4.69) is 27.4 Å². The number of benzene rings is 1. The molecule has 0 aliphatic rings. The van der Waals surface area contributed by atoms with E-state index in [-0.39, 0.29) is 18.2 Å². The molecule has 146 valence electrons. The minimum Gasteiger partial charge on any atom is -0.399 e. The van der Waals surface area contributed by atoms with Crippen LogP contribution < -0.4 is 5.32 Å². The summed E-state index contributed by atoms with van der Waals surface area (Å²) >= 11 is 0. The first-order valence-electron chi connectivity index (χ1n) is 8.27. The number of rotatable bonds is 10. The number of nitrogens with zero attached hydrogens (tertiary/aromatic N) is 3. The normalized spacial score (nSPS) is 12.4. The maximum absolute atomic E-state index is 12.1. The molecule has 0 bridgehead atoms. The molecule has 0 unspecified atom stereocenters. The number of allylic oxidation sites excluding steroid dienone is 1. The Morgan fingerprint density at radius 1 is 1.11 bits per heavy atom. The summed E-state index contributed by atoms with van der Waals surface area (Å²) < 4.78 is 0. The van der Waals surface area contributed by atoms with Crippen LogP contribution in [0.25, 0.3) is 0 Å². The number of carbonyl (C=O) groups excluding carboxylic acids is 1. The van der Waals surface area contributed by atoms with Crippen molar-refractivity contribution in [1.82, 2.24) is 5.32 Å². The summed E-state index contributed by atoms with van der Waals surface area (Å²) in [5, 5.41) is 14.4. The first kappa shape index (κ1) is 21.9. The second-order valence-electron chi connectivity index (χ2n) is 5.66. The van der Waals surface area contributed by atoms with Crippen LogP contribution in [0, 0.1) is 0 Å². The molecule has 0 atom stereocenters. The van der Waals surface area contributed by atoms with Gasteiger partial charge in [-0.2, -0.15) is 0 Å². The molecule has 0 saturated heterocycles. The van der Waals surface area contributed by atoms with Crippen molar-refractivity contribution in [2.45, 2.75) is 26.9 Å². The van der Waals surface area contributed by atoms with Gasteiger partial charge in [0.25, 0.3) is 5.91 Å². The number of oxime groups is 3. The van der Waals surface area contributed by atoms with Gasteiger partial charge >= 0.3 is 0 Å². The first-order chi connectivity index (χ1) is 12.9. The van der Waals surface area contributed by atoms with Crippen LogP contribution in [0.3, 0.4) is 0 Å². The molecule has 8 nitrogen and oxygen atoms in total. The van der Waals surface area contributed by atoms with Gasteiger partial charge in [0.2, 0.25) is 0 Å². The molecule has 0 aliphatic heterocycles. The SMILES string of the molecule is C=C(C)CC(=N/OC)/C(C)=N/OCc1ccccc1/C(=N\OC)C(=O)NC. The van der Waals surface area contributed by atoms with E-state index < -0.39 is 0 Å². The highest BCUT2D eigenvalue weighted by Gasteiger charge is 2.17. The molecule has 0 fully saturated rings. The quantitative estimate of drug-likeness (QED) is 0.387. The van der Waals surface area contributed by atoms with Crippen molar-refractivity contribution in [1.29, 1.82) is 0 Å². The Hall–Kier alpha value is -3.16. The van der Waals surface area contributed by atoms with Crippen molar-refractivity contribution in [3.05, 3.63) is 47.5 Å². The lowest BCUT2D eigenvalue weighted by Crippen LogP contribution is -2.29. The van der Waals surface area contributed by atoms with Crippen molar-refractivity contribution in [3.8, 4) is 0 Å². The predicted molar refractivity (Wildman–Crippen MR) is 106 cm³/mol. The van der Waals surface area contributed by atoms with Crippen LogP contribution in [0.4, 0.5) is 0 Å². The van der Waals surface area contributed by atoms with Crippen molar-refractivity contribution in [2.75, 3.05) is 21.3 Å². The summed E-state index contributed by atoms with van der Waals surface area (Å²) in [6.45, 7) is 7.67. The van der Waals surface area contributed by atoms with Crippen LogP contribution in [-0.4, -0.2) is 44.3 Å². The van der Waals surface area contributed by atoms with Crippen LogP contribution in [-0.2, 0) is 25.9 Å². The number of amides is 1. The molecule has 1 amide bonds. The standard InChI is InChI=1S/C19H26N4O4/c1-13(2)11-17(22-25-5)14(3)21-27-12-15-9-7-8-10-16(15)18(23-26-6)19(24)20-4/h7-10H,1,11-12H2,2-6H3,(H,20,24)/b21-14+,22-17-,23-18+. The summed E-state index contributed by atoms with van der Waals surface area (Å²) in [6.07, 6.45) is 0.532. The zero-order valence-electron chi connectivity index (χ0n) is 16.4. The van der Waals surface area contributed by atoms with E-state index in [4.69, 9.17) is 14.5 Å². The van der Waals surface area contributed by atoms with Crippen molar-refractivity contribution >= 4 is 23.0 Å². The van der Waals surface area contributed by atoms with Crippen LogP contribution in [0.2, 0.25) is 0 Å². The molecule has 0 saturated carbocycles. The summed E-state index contributed by atoms with van der Waals surface area (Å²) in [7, 11) is 4.38. The molecule has 0 aliphatic carbocycles. The Morgan fingerprint density at radius 2 is 1.78 bits per heavy atom. The molecule has 0 spiro atoms. The third-order valence-corrected chi connectivity index (χ3v) is 3.41. The van der Waals surface area contributed by atoms with Gasteiger partial charge in [-0.25, -0.2) is 0 Å². The molecule has 8 heteroatoms. The first-order valence-corrected chi connectivity index (χ1v) is 8.27. The molecule has 1 aromatic rings. The Kier molecular flexibility index (Phi) is 9.28. The summed E-state index contributed by atoms with van der Waals surface area (Å²) in [5.74, 6) is -0.361. The van der Waals surface area contributed by atoms with E-state index in [0.29, 0.717) is 23.4 Å². The van der Waals surface area contributed by atoms with Gasteiger partial charge in [0.05, 0.1) is 0 Å². The highest BCUT2D eigenvalue weighted by molar-refractivity contribution is 6.45. The van der Waals surface area contributed by atoms with Gasteiger partial charge in [-0.05, 0) is 13.8 Å². The smallest absolute Gasteiger partial charge is 0.273 e. The summed E-state index contributed by atoms with van der Waals surface area (Å²) in [6, 6.07) is 7.23. The fraction of sp³-hybridized carbons (Fsp3) is 0.368. The van der Waals surface area contributed by atoms with Gasteiger partial charge < -0.3 is 19.8 Å². The number of hydrogen-bond acceptors (Lipinski definition) is 7. The van der Waals surface area contributed by atoms with Gasteiger partial charge in [-0.3, -0.25) is 4.79 Å². The lowest BCUT2D eigenvalue weighted by atomic mass is 10.0. The highest BCUT2D eigenvalue weighted by atomic mass is 16.6. The molecular formula is C19H26N4O4. The van der Waals surface area contributed by atoms with Crippen molar-refractivity contribution in [2.24, 2.45) is 15.5 Å². The number of nitrogens with one attached hydrogen (secondary N) is 1. The van der Waals surface area contributed by atoms with Crippen LogP contribution in [0.15, 0.2) is 51.9 Å². The minimum atomic E-state index is -0.361. The largest absolute Gasteiger partial charge is 0.399 e. The topological polar surface area (TPSA) is 93.9 Å². The van der Waals surface area contributed by atoms with Gasteiger partial charge in [0, 0.05) is 24.6 Å². The summed E-state index contributed by atoms with van der Waals surface area (Å²) in [5.41, 5.74) is 3.62. The Balaban J connectivity index is 3.01. The second-order valence-corrected chi connectivity index (χ2v) is 5.66. The average molecular weight is 374 g/mol. The third kappa shape index (κ3) is 6.93. The maximum Gasteiger partial charge on any atom is 0.273 e.